The van der Waals surface area contributed by atoms with Crippen molar-refractivity contribution in [3.8, 4) is 0 Å². The predicted molar refractivity (Wildman–Crippen MR) is 81.4 cm³/mol. The van der Waals surface area contributed by atoms with Gasteiger partial charge in [0.05, 0.1) is 0 Å². The number of benzene rings is 1. The van der Waals surface area contributed by atoms with Gasteiger partial charge >= 0.3 is 5.97 Å². The van der Waals surface area contributed by atoms with E-state index < -0.39 is 5.97 Å². The Morgan fingerprint density at radius 2 is 2.05 bits per heavy atom. The normalized spacial score (nSPS) is 15.1. The minimum atomic E-state index is -0.910. The molecule has 0 amide bonds. The highest BCUT2D eigenvalue weighted by Gasteiger charge is 2.23. The molecule has 3 heteroatoms. The summed E-state index contributed by atoms with van der Waals surface area (Å²) in [5, 5.41) is 8.60. The van der Waals surface area contributed by atoms with Crippen LogP contribution in [0.2, 0.25) is 0 Å². The summed E-state index contributed by atoms with van der Waals surface area (Å²) in [6, 6.07) is 8.15. The first kappa shape index (κ1) is 14.8. The standard InChI is InChI=1S/C17H23NO2/c1-2-11-18(13-16-7-8-16)12-15-5-3-14(4-6-15)9-10-17(19)20/h3-6,9-10,16H,2,7-8,11-13H2,1H3,(H,19,20). The van der Waals surface area contributed by atoms with Crippen molar-refractivity contribution in [1.29, 1.82) is 0 Å². The van der Waals surface area contributed by atoms with Crippen molar-refractivity contribution in [3.05, 3.63) is 41.5 Å². The van der Waals surface area contributed by atoms with E-state index >= 15 is 0 Å². The van der Waals surface area contributed by atoms with E-state index in [1.165, 1.54) is 37.4 Å². The number of nitrogens with zero attached hydrogens (tertiary/aromatic N) is 1. The van der Waals surface area contributed by atoms with Crippen LogP contribution in [0.4, 0.5) is 0 Å². The first-order chi connectivity index (χ1) is 9.67. The molecule has 20 heavy (non-hydrogen) atoms. The van der Waals surface area contributed by atoms with Crippen molar-refractivity contribution in [1.82, 2.24) is 4.90 Å². The lowest BCUT2D eigenvalue weighted by atomic mass is 10.1. The van der Waals surface area contributed by atoms with Crippen LogP contribution in [0, 0.1) is 5.92 Å². The molecule has 1 aromatic rings. The molecule has 0 spiro atoms. The molecule has 0 aromatic heterocycles. The second-order valence-electron chi connectivity index (χ2n) is 5.59. The van der Waals surface area contributed by atoms with Crippen LogP contribution in [0.1, 0.15) is 37.3 Å². The van der Waals surface area contributed by atoms with Crippen LogP contribution in [0.5, 0.6) is 0 Å². The van der Waals surface area contributed by atoms with E-state index in [9.17, 15) is 4.79 Å². The number of aliphatic carboxylic acids is 1. The third-order valence-corrected chi connectivity index (χ3v) is 3.56. The zero-order valence-corrected chi connectivity index (χ0v) is 12.1. The van der Waals surface area contributed by atoms with Crippen LogP contribution in [-0.4, -0.2) is 29.1 Å². The maximum absolute atomic E-state index is 10.5. The van der Waals surface area contributed by atoms with Crippen molar-refractivity contribution in [2.75, 3.05) is 13.1 Å². The van der Waals surface area contributed by atoms with Gasteiger partial charge in [-0.25, -0.2) is 4.79 Å². The van der Waals surface area contributed by atoms with Crippen LogP contribution in [0.15, 0.2) is 30.3 Å². The molecule has 0 heterocycles. The van der Waals surface area contributed by atoms with E-state index in [1.807, 2.05) is 12.1 Å². The van der Waals surface area contributed by atoms with E-state index in [2.05, 4.69) is 24.0 Å². The summed E-state index contributed by atoms with van der Waals surface area (Å²) >= 11 is 0. The van der Waals surface area contributed by atoms with E-state index in [1.54, 1.807) is 6.08 Å². The summed E-state index contributed by atoms with van der Waals surface area (Å²) in [7, 11) is 0. The summed E-state index contributed by atoms with van der Waals surface area (Å²) in [5.74, 6) is 0.00644. The number of hydrogen-bond donors (Lipinski definition) is 1. The van der Waals surface area contributed by atoms with Crippen molar-refractivity contribution in [3.63, 3.8) is 0 Å². The van der Waals surface area contributed by atoms with Crippen molar-refractivity contribution in [2.24, 2.45) is 5.92 Å². The summed E-state index contributed by atoms with van der Waals surface area (Å²) in [6.07, 6.45) is 6.76. The fraction of sp³-hybridized carbons (Fsp3) is 0.471. The molecule has 2 rings (SSSR count). The van der Waals surface area contributed by atoms with Crippen LogP contribution in [0.25, 0.3) is 6.08 Å². The van der Waals surface area contributed by atoms with Crippen LogP contribution < -0.4 is 0 Å². The second kappa shape index (κ2) is 7.25. The third-order valence-electron chi connectivity index (χ3n) is 3.56. The van der Waals surface area contributed by atoms with Crippen molar-refractivity contribution < 1.29 is 9.90 Å². The first-order valence-electron chi connectivity index (χ1n) is 7.39. The van der Waals surface area contributed by atoms with Crippen LogP contribution >= 0.6 is 0 Å². The molecule has 0 aliphatic heterocycles. The van der Waals surface area contributed by atoms with Gasteiger partial charge in [-0.1, -0.05) is 31.2 Å². The number of carbonyl (C=O) groups is 1. The van der Waals surface area contributed by atoms with Crippen molar-refractivity contribution >= 4 is 12.0 Å². The molecule has 1 fully saturated rings. The molecule has 1 aromatic carbocycles. The van der Waals surface area contributed by atoms with E-state index in [-0.39, 0.29) is 0 Å². The molecule has 3 nitrogen and oxygen atoms in total. The van der Waals surface area contributed by atoms with Gasteiger partial charge in [-0.3, -0.25) is 4.90 Å². The summed E-state index contributed by atoms with van der Waals surface area (Å²) in [6.45, 7) is 5.58. The molecule has 1 saturated carbocycles. The Hall–Kier alpha value is -1.61. The molecule has 0 unspecified atom stereocenters. The van der Waals surface area contributed by atoms with Gasteiger partial charge < -0.3 is 5.11 Å². The van der Waals surface area contributed by atoms with Gasteiger partial charge in [0.2, 0.25) is 0 Å². The lowest BCUT2D eigenvalue weighted by Gasteiger charge is -2.21. The zero-order chi connectivity index (χ0) is 14.4. The topological polar surface area (TPSA) is 40.5 Å². The number of hydrogen-bond acceptors (Lipinski definition) is 2. The smallest absolute Gasteiger partial charge is 0.328 e. The van der Waals surface area contributed by atoms with Gasteiger partial charge in [-0.05, 0) is 48.9 Å². The third kappa shape index (κ3) is 5.17. The number of carboxylic acids is 1. The highest BCUT2D eigenvalue weighted by molar-refractivity contribution is 5.85. The zero-order valence-electron chi connectivity index (χ0n) is 12.1. The predicted octanol–water partition coefficient (Wildman–Crippen LogP) is 3.41. The Labute approximate surface area is 120 Å². The van der Waals surface area contributed by atoms with Gasteiger partial charge in [0, 0.05) is 19.2 Å². The summed E-state index contributed by atoms with van der Waals surface area (Å²) in [4.78, 5) is 13.0. The molecule has 1 N–H and O–H groups in total. The Morgan fingerprint density at radius 3 is 2.60 bits per heavy atom. The highest BCUT2D eigenvalue weighted by atomic mass is 16.4. The number of carboxylic acid groups (broad SMARTS) is 1. The Bertz CT molecular complexity index is 460. The maximum Gasteiger partial charge on any atom is 0.328 e. The van der Waals surface area contributed by atoms with E-state index in [4.69, 9.17) is 5.11 Å². The fourth-order valence-corrected chi connectivity index (χ4v) is 2.38. The fourth-order valence-electron chi connectivity index (χ4n) is 2.38. The lowest BCUT2D eigenvalue weighted by molar-refractivity contribution is -0.131. The Morgan fingerprint density at radius 1 is 1.35 bits per heavy atom. The largest absolute Gasteiger partial charge is 0.478 e. The van der Waals surface area contributed by atoms with Gasteiger partial charge in [0.15, 0.2) is 0 Å². The van der Waals surface area contributed by atoms with E-state index in [0.29, 0.717) is 0 Å². The average Bonchev–Trinajstić information content (AvgIpc) is 3.22. The summed E-state index contributed by atoms with van der Waals surface area (Å²) < 4.78 is 0. The molecule has 0 radical (unpaired) electrons. The molecule has 0 saturated heterocycles. The molecule has 0 bridgehead atoms. The molecule has 0 atom stereocenters. The van der Waals surface area contributed by atoms with Gasteiger partial charge in [0.1, 0.15) is 0 Å². The molecule has 108 valence electrons. The minimum absolute atomic E-state index is 0.910. The lowest BCUT2D eigenvalue weighted by Crippen LogP contribution is -2.26. The van der Waals surface area contributed by atoms with Gasteiger partial charge in [-0.2, -0.15) is 0 Å². The summed E-state index contributed by atoms with van der Waals surface area (Å²) in [5.41, 5.74) is 2.23. The first-order valence-corrected chi connectivity index (χ1v) is 7.39. The van der Waals surface area contributed by atoms with Crippen LogP contribution in [-0.2, 0) is 11.3 Å². The quantitative estimate of drug-likeness (QED) is 0.738. The highest BCUT2D eigenvalue weighted by Crippen LogP contribution is 2.30. The monoisotopic (exact) mass is 273 g/mol. The SMILES string of the molecule is CCCN(Cc1ccc(C=CC(=O)O)cc1)CC1CC1. The van der Waals surface area contributed by atoms with Crippen LogP contribution in [0.3, 0.4) is 0 Å². The molecule has 1 aliphatic carbocycles. The number of rotatable bonds is 8. The average molecular weight is 273 g/mol. The van der Waals surface area contributed by atoms with E-state index in [0.717, 1.165) is 24.6 Å². The molecule has 1 aliphatic rings. The van der Waals surface area contributed by atoms with Gasteiger partial charge in [0.25, 0.3) is 0 Å². The second-order valence-corrected chi connectivity index (χ2v) is 5.59. The Balaban J connectivity index is 1.92. The van der Waals surface area contributed by atoms with Gasteiger partial charge in [-0.15, -0.1) is 0 Å². The molecular weight excluding hydrogens is 250 g/mol. The maximum atomic E-state index is 10.5. The minimum Gasteiger partial charge on any atom is -0.478 e. The van der Waals surface area contributed by atoms with Crippen molar-refractivity contribution in [2.45, 2.75) is 32.7 Å². The molecular formula is C17H23NO2. The Kier molecular flexibility index (Phi) is 5.36.